The van der Waals surface area contributed by atoms with Crippen LogP contribution in [0.25, 0.3) is 0 Å². The van der Waals surface area contributed by atoms with Crippen molar-refractivity contribution in [1.29, 1.82) is 0 Å². The molecule has 0 saturated carbocycles. The molecule has 2 aliphatic heterocycles. The summed E-state index contributed by atoms with van der Waals surface area (Å²) >= 11 is 0. The summed E-state index contributed by atoms with van der Waals surface area (Å²) in [4.78, 5) is 28.3. The van der Waals surface area contributed by atoms with E-state index in [4.69, 9.17) is 9.47 Å². The predicted octanol–water partition coefficient (Wildman–Crippen LogP) is 6.25. The molecule has 2 heterocycles. The number of nitrogens with one attached hydrogen (secondary N) is 1. The number of halogens is 2. The van der Waals surface area contributed by atoms with E-state index in [1.54, 1.807) is 6.07 Å². The quantitative estimate of drug-likeness (QED) is 0.296. The first kappa shape index (κ1) is 29.5. The Morgan fingerprint density at radius 3 is 2.29 bits per heavy atom. The summed E-state index contributed by atoms with van der Waals surface area (Å²) in [5, 5.41) is 13.5. The fourth-order valence-corrected chi connectivity index (χ4v) is 6.31. The number of carboxylic acid groups (broad SMARTS) is 1. The van der Waals surface area contributed by atoms with Crippen molar-refractivity contribution in [3.63, 3.8) is 0 Å². The monoisotopic (exact) mass is 578 g/mol. The number of fused-ring (bicyclic) bond motifs is 1. The van der Waals surface area contributed by atoms with E-state index in [1.807, 2.05) is 43.0 Å². The van der Waals surface area contributed by atoms with E-state index < -0.39 is 29.7 Å². The van der Waals surface area contributed by atoms with E-state index in [0.717, 1.165) is 24.0 Å². The van der Waals surface area contributed by atoms with Crippen LogP contribution in [-0.2, 0) is 28.9 Å². The van der Waals surface area contributed by atoms with Gasteiger partial charge in [-0.05, 0) is 71.3 Å². The summed E-state index contributed by atoms with van der Waals surface area (Å²) in [6, 6.07) is 13.0. The number of carbonyl (C=O) groups is 2. The number of benzene rings is 3. The molecule has 2 N–H and O–H groups in total. The van der Waals surface area contributed by atoms with Crippen molar-refractivity contribution in [2.45, 2.75) is 58.4 Å². The number of carboxylic acids is 1. The highest BCUT2D eigenvalue weighted by Crippen LogP contribution is 2.48. The van der Waals surface area contributed by atoms with E-state index in [1.165, 1.54) is 18.2 Å². The second kappa shape index (κ2) is 12.5. The van der Waals surface area contributed by atoms with Crippen LogP contribution in [-0.4, -0.2) is 41.8 Å². The molecular weight excluding hydrogens is 542 g/mol. The van der Waals surface area contributed by atoms with Crippen LogP contribution in [0.1, 0.15) is 67.0 Å². The lowest BCUT2D eigenvalue weighted by molar-refractivity contribution is -0.143. The second-order valence-electron chi connectivity index (χ2n) is 10.9. The van der Waals surface area contributed by atoms with Gasteiger partial charge in [0, 0.05) is 24.2 Å². The van der Waals surface area contributed by atoms with Gasteiger partial charge in [-0.2, -0.15) is 0 Å². The SMILES string of the molecule is CCCc1ccc([C@H]2C(C(=O)O)[C@@H](c3cc(F)c4c(c3)OCO4)CN2CC(=O)Nc2c(CC)cc(F)cc2CC)cc1. The second-order valence-corrected chi connectivity index (χ2v) is 10.9. The van der Waals surface area contributed by atoms with Crippen LogP contribution in [0.15, 0.2) is 48.5 Å². The van der Waals surface area contributed by atoms with Crippen molar-refractivity contribution in [3.05, 3.63) is 88.0 Å². The standard InChI is InChI=1S/C33H36F2N2O5/c1-4-7-19-8-10-22(11-9-19)31-29(33(39)40)25(23-14-26(35)32-27(15-23)41-18-42-32)16-37(31)17-28(38)36-30-20(5-2)12-24(34)13-21(30)6-3/h8-15,25,29,31H,4-7,16-18H2,1-3H3,(H,36,38)(H,39,40)/t25-,29?,31+/m1/s1. The molecule has 0 bridgehead atoms. The van der Waals surface area contributed by atoms with Gasteiger partial charge in [-0.3, -0.25) is 14.5 Å². The van der Waals surface area contributed by atoms with Crippen LogP contribution >= 0.6 is 0 Å². The number of rotatable bonds is 10. The molecule has 42 heavy (non-hydrogen) atoms. The zero-order chi connectivity index (χ0) is 30.0. The smallest absolute Gasteiger partial charge is 0.309 e. The summed E-state index contributed by atoms with van der Waals surface area (Å²) in [5.41, 5.74) is 4.36. The number of nitrogens with zero attached hydrogens (tertiary/aromatic N) is 1. The number of aliphatic carboxylic acids is 1. The molecule has 3 aromatic carbocycles. The van der Waals surface area contributed by atoms with Crippen LogP contribution < -0.4 is 14.8 Å². The van der Waals surface area contributed by atoms with Crippen LogP contribution in [0.4, 0.5) is 14.5 Å². The average Bonchev–Trinajstić information content (AvgIpc) is 3.59. The summed E-state index contributed by atoms with van der Waals surface area (Å²) in [6.07, 6.45) is 2.95. The fraction of sp³-hybridized carbons (Fsp3) is 0.394. The lowest BCUT2D eigenvalue weighted by Gasteiger charge is -2.27. The lowest BCUT2D eigenvalue weighted by Crippen LogP contribution is -2.35. The number of hydrogen-bond donors (Lipinski definition) is 2. The normalized spacial score (nSPS) is 19.7. The van der Waals surface area contributed by atoms with Gasteiger partial charge in [0.2, 0.25) is 18.4 Å². The molecule has 0 aliphatic carbocycles. The maximum absolute atomic E-state index is 14.9. The molecule has 1 saturated heterocycles. The molecule has 0 aromatic heterocycles. The van der Waals surface area contributed by atoms with E-state index in [9.17, 15) is 23.5 Å². The minimum Gasteiger partial charge on any atom is -0.481 e. The Balaban J connectivity index is 1.50. The third kappa shape index (κ3) is 5.83. The highest BCUT2D eigenvalue weighted by atomic mass is 19.1. The van der Waals surface area contributed by atoms with Gasteiger partial charge in [-0.15, -0.1) is 0 Å². The summed E-state index contributed by atoms with van der Waals surface area (Å²) in [6.45, 7) is 5.89. The molecular formula is C33H36F2N2O5. The Morgan fingerprint density at radius 1 is 0.976 bits per heavy atom. The van der Waals surface area contributed by atoms with Crippen molar-refractivity contribution < 1.29 is 33.0 Å². The Bertz CT molecular complexity index is 1450. The van der Waals surface area contributed by atoms with Crippen LogP contribution in [0.3, 0.4) is 0 Å². The van der Waals surface area contributed by atoms with Gasteiger partial charge in [0.25, 0.3) is 0 Å². The number of carbonyl (C=O) groups excluding carboxylic acids is 1. The number of ether oxygens (including phenoxy) is 2. The fourth-order valence-electron chi connectivity index (χ4n) is 6.31. The van der Waals surface area contributed by atoms with E-state index >= 15 is 0 Å². The molecule has 9 heteroatoms. The molecule has 0 spiro atoms. The molecule has 1 fully saturated rings. The van der Waals surface area contributed by atoms with Crippen molar-refractivity contribution in [2.24, 2.45) is 5.92 Å². The van der Waals surface area contributed by atoms with Gasteiger partial charge in [0.15, 0.2) is 11.6 Å². The van der Waals surface area contributed by atoms with Gasteiger partial charge < -0.3 is 19.9 Å². The number of aryl methyl sites for hydroxylation is 3. The molecule has 7 nitrogen and oxygen atoms in total. The van der Waals surface area contributed by atoms with Crippen LogP contribution in [0.5, 0.6) is 11.5 Å². The zero-order valence-corrected chi connectivity index (χ0v) is 24.1. The van der Waals surface area contributed by atoms with Gasteiger partial charge in [-0.25, -0.2) is 8.78 Å². The molecule has 222 valence electrons. The minimum atomic E-state index is -1.04. The molecule has 3 atom stereocenters. The number of likely N-dealkylation sites (tertiary alicyclic amines) is 1. The van der Waals surface area contributed by atoms with Crippen LogP contribution in [0.2, 0.25) is 0 Å². The van der Waals surface area contributed by atoms with Gasteiger partial charge in [0.1, 0.15) is 5.82 Å². The van der Waals surface area contributed by atoms with Crippen molar-refractivity contribution >= 4 is 17.6 Å². The zero-order valence-electron chi connectivity index (χ0n) is 24.1. The lowest BCUT2D eigenvalue weighted by atomic mass is 9.82. The molecule has 0 radical (unpaired) electrons. The van der Waals surface area contributed by atoms with Crippen LogP contribution in [0, 0.1) is 17.6 Å². The van der Waals surface area contributed by atoms with E-state index in [-0.39, 0.29) is 43.1 Å². The molecule has 3 aromatic rings. The van der Waals surface area contributed by atoms with Crippen molar-refractivity contribution in [1.82, 2.24) is 4.90 Å². The Labute approximate surface area is 244 Å². The number of amides is 1. The first-order valence-electron chi connectivity index (χ1n) is 14.5. The molecule has 2 aliphatic rings. The minimum absolute atomic E-state index is 0.0145. The molecule has 1 amide bonds. The van der Waals surface area contributed by atoms with Crippen molar-refractivity contribution in [2.75, 3.05) is 25.2 Å². The third-order valence-corrected chi connectivity index (χ3v) is 8.26. The Morgan fingerprint density at radius 2 is 1.67 bits per heavy atom. The van der Waals surface area contributed by atoms with Gasteiger partial charge in [0.05, 0.1) is 12.5 Å². The third-order valence-electron chi connectivity index (χ3n) is 8.26. The summed E-state index contributed by atoms with van der Waals surface area (Å²) in [5.74, 6) is -3.67. The average molecular weight is 579 g/mol. The summed E-state index contributed by atoms with van der Waals surface area (Å²) < 4.78 is 39.7. The largest absolute Gasteiger partial charge is 0.481 e. The molecule has 5 rings (SSSR count). The van der Waals surface area contributed by atoms with Gasteiger partial charge in [-0.1, -0.05) is 51.5 Å². The Kier molecular flexibility index (Phi) is 8.77. The number of hydrogen-bond acceptors (Lipinski definition) is 5. The summed E-state index contributed by atoms with van der Waals surface area (Å²) in [7, 11) is 0. The van der Waals surface area contributed by atoms with E-state index in [0.29, 0.717) is 35.2 Å². The highest BCUT2D eigenvalue weighted by molar-refractivity contribution is 5.94. The molecule has 1 unspecified atom stereocenters. The van der Waals surface area contributed by atoms with E-state index in [2.05, 4.69) is 12.2 Å². The highest BCUT2D eigenvalue weighted by Gasteiger charge is 2.48. The maximum atomic E-state index is 14.9. The van der Waals surface area contributed by atoms with Gasteiger partial charge >= 0.3 is 5.97 Å². The number of anilines is 1. The Hall–Kier alpha value is -3.98. The maximum Gasteiger partial charge on any atom is 0.309 e. The van der Waals surface area contributed by atoms with Crippen molar-refractivity contribution in [3.8, 4) is 11.5 Å². The first-order chi connectivity index (χ1) is 20.2. The first-order valence-corrected chi connectivity index (χ1v) is 14.5. The predicted molar refractivity (Wildman–Crippen MR) is 155 cm³/mol. The topological polar surface area (TPSA) is 88.1 Å².